The molecule has 0 heterocycles. The van der Waals surface area contributed by atoms with Gasteiger partial charge in [-0.15, -0.1) is 0 Å². The first-order valence-corrected chi connectivity index (χ1v) is 22.2. The quantitative estimate of drug-likeness (QED) is 0.0377. The molecule has 0 aromatic carbocycles. The maximum absolute atomic E-state index is 12.5. The van der Waals surface area contributed by atoms with Crippen molar-refractivity contribution in [3.8, 4) is 0 Å². The predicted octanol–water partition coefficient (Wildman–Crippen LogP) is 12.6. The third-order valence-corrected chi connectivity index (χ3v) is 10.3. The van der Waals surface area contributed by atoms with Crippen LogP contribution in [0.1, 0.15) is 232 Å². The topological polar surface area (TPSA) is 89.8 Å². The maximum Gasteiger partial charge on any atom is 0.249 e. The third-order valence-electron chi connectivity index (χ3n) is 10.3. The highest BCUT2D eigenvalue weighted by molar-refractivity contribution is 5.80. The first kappa shape index (κ1) is 48.8. The molecule has 3 atom stereocenters. The van der Waals surface area contributed by atoms with Crippen molar-refractivity contribution in [2.45, 2.75) is 250 Å². The summed E-state index contributed by atoms with van der Waals surface area (Å²) in [5, 5.41) is 33.1. The number of aliphatic hydroxyl groups excluding tert-OH is 3. The van der Waals surface area contributed by atoms with Crippen LogP contribution in [0.15, 0.2) is 24.3 Å². The van der Waals surface area contributed by atoms with Crippen molar-refractivity contribution in [3.63, 3.8) is 0 Å². The average molecular weight is 706 g/mol. The summed E-state index contributed by atoms with van der Waals surface area (Å²) >= 11 is 0. The highest BCUT2D eigenvalue weighted by atomic mass is 16.3. The molecule has 5 heteroatoms. The van der Waals surface area contributed by atoms with E-state index in [1.165, 1.54) is 180 Å². The van der Waals surface area contributed by atoms with Gasteiger partial charge in [-0.2, -0.15) is 0 Å². The zero-order valence-electron chi connectivity index (χ0n) is 33.5. The lowest BCUT2D eigenvalue weighted by Crippen LogP contribution is -2.48. The minimum atomic E-state index is -1.10. The Morgan fingerprint density at radius 3 is 1.16 bits per heavy atom. The van der Waals surface area contributed by atoms with Gasteiger partial charge in [0.2, 0.25) is 5.91 Å². The van der Waals surface area contributed by atoms with E-state index in [9.17, 15) is 20.1 Å². The molecule has 0 aliphatic heterocycles. The van der Waals surface area contributed by atoms with E-state index in [0.717, 1.165) is 32.1 Å². The molecule has 0 radical (unpaired) electrons. The largest absolute Gasteiger partial charge is 0.394 e. The first-order chi connectivity index (χ1) is 24.6. The molecule has 0 aliphatic carbocycles. The molecule has 0 aromatic heterocycles. The fourth-order valence-corrected chi connectivity index (χ4v) is 6.77. The Bertz CT molecular complexity index is 739. The molecule has 5 nitrogen and oxygen atoms in total. The van der Waals surface area contributed by atoms with Crippen molar-refractivity contribution in [1.82, 2.24) is 5.32 Å². The summed E-state index contributed by atoms with van der Waals surface area (Å²) in [6.07, 6.45) is 49.2. The number of unbranched alkanes of at least 4 members (excludes halogenated alkanes) is 30. The van der Waals surface area contributed by atoms with Crippen LogP contribution in [0.4, 0.5) is 0 Å². The van der Waals surface area contributed by atoms with Crippen molar-refractivity contribution >= 4 is 5.91 Å². The molecule has 0 saturated carbocycles. The molecule has 0 rings (SSSR count). The van der Waals surface area contributed by atoms with Gasteiger partial charge in [0.25, 0.3) is 0 Å². The first-order valence-electron chi connectivity index (χ1n) is 22.2. The molecule has 4 N–H and O–H groups in total. The number of nitrogens with one attached hydrogen (secondary N) is 1. The number of carbonyl (C=O) groups is 1. The lowest BCUT2D eigenvalue weighted by molar-refractivity contribution is -0.131. The number of allylic oxidation sites excluding steroid dienone is 3. The molecular weight excluding hydrogens is 618 g/mol. The molecule has 3 unspecified atom stereocenters. The number of hydrogen-bond donors (Lipinski definition) is 4. The molecular formula is C45H87NO4. The van der Waals surface area contributed by atoms with Gasteiger partial charge in [0.1, 0.15) is 6.10 Å². The molecule has 1 amide bonds. The summed E-state index contributed by atoms with van der Waals surface area (Å²) in [5.74, 6) is -0.507. The van der Waals surface area contributed by atoms with Gasteiger partial charge < -0.3 is 20.6 Å². The zero-order valence-corrected chi connectivity index (χ0v) is 33.5. The zero-order chi connectivity index (χ0) is 36.6. The predicted molar refractivity (Wildman–Crippen MR) is 218 cm³/mol. The van der Waals surface area contributed by atoms with Crippen molar-refractivity contribution in [3.05, 3.63) is 24.3 Å². The molecule has 0 fully saturated rings. The van der Waals surface area contributed by atoms with E-state index >= 15 is 0 Å². The van der Waals surface area contributed by atoms with Crippen LogP contribution in [0.25, 0.3) is 0 Å². The van der Waals surface area contributed by atoms with E-state index in [2.05, 4.69) is 31.3 Å². The van der Waals surface area contributed by atoms with Gasteiger partial charge in [-0.25, -0.2) is 0 Å². The van der Waals surface area contributed by atoms with E-state index in [-0.39, 0.29) is 6.61 Å². The summed E-state index contributed by atoms with van der Waals surface area (Å²) in [5.41, 5.74) is 0. The summed E-state index contributed by atoms with van der Waals surface area (Å²) < 4.78 is 0. The molecule has 50 heavy (non-hydrogen) atoms. The number of rotatable bonds is 40. The number of aliphatic hydroxyl groups is 3. The van der Waals surface area contributed by atoms with Crippen LogP contribution >= 0.6 is 0 Å². The Balaban J connectivity index is 3.66. The molecule has 0 aliphatic rings. The second-order valence-electron chi connectivity index (χ2n) is 15.3. The monoisotopic (exact) mass is 706 g/mol. The van der Waals surface area contributed by atoms with Gasteiger partial charge in [-0.1, -0.05) is 212 Å². The summed E-state index contributed by atoms with van der Waals surface area (Å²) in [7, 11) is 0. The van der Waals surface area contributed by atoms with Crippen LogP contribution in [-0.4, -0.2) is 46.1 Å². The molecule has 0 saturated heterocycles. The lowest BCUT2D eigenvalue weighted by atomic mass is 10.0. The van der Waals surface area contributed by atoms with Crippen LogP contribution in [0.5, 0.6) is 0 Å². The Hall–Kier alpha value is -1.17. The normalized spacial score (nSPS) is 13.8. The van der Waals surface area contributed by atoms with Crippen LogP contribution < -0.4 is 5.32 Å². The average Bonchev–Trinajstić information content (AvgIpc) is 3.12. The smallest absolute Gasteiger partial charge is 0.249 e. The van der Waals surface area contributed by atoms with E-state index in [0.29, 0.717) is 6.42 Å². The van der Waals surface area contributed by atoms with Crippen molar-refractivity contribution in [2.24, 2.45) is 0 Å². The third kappa shape index (κ3) is 35.2. The van der Waals surface area contributed by atoms with E-state index in [1.54, 1.807) is 6.08 Å². The van der Waals surface area contributed by atoms with Crippen LogP contribution in [0.2, 0.25) is 0 Å². The second kappa shape index (κ2) is 40.6. The summed E-state index contributed by atoms with van der Waals surface area (Å²) in [6, 6.07) is -0.797. The fraction of sp³-hybridized carbons (Fsp3) is 0.889. The standard InChI is InChI=1S/C45H87NO4/c1-3-5-7-9-11-13-15-17-19-20-21-22-23-24-26-28-30-32-34-36-38-40-44(49)45(50)46-42(41-47)43(48)39-37-35-33-31-29-27-25-18-16-14-12-10-8-6-4-2/h23-24,37,39,42-44,47-49H,3-22,25-36,38,40-41H2,1-2H3,(H,46,50)/b24-23-,39-37+. The minimum absolute atomic E-state index is 0.364. The summed E-state index contributed by atoms with van der Waals surface area (Å²) in [4.78, 5) is 12.5. The molecule has 0 spiro atoms. The highest BCUT2D eigenvalue weighted by Gasteiger charge is 2.22. The number of hydrogen-bond acceptors (Lipinski definition) is 4. The maximum atomic E-state index is 12.5. The Morgan fingerprint density at radius 2 is 0.800 bits per heavy atom. The lowest BCUT2D eigenvalue weighted by Gasteiger charge is -2.21. The molecule has 0 bridgehead atoms. The van der Waals surface area contributed by atoms with Crippen molar-refractivity contribution < 1.29 is 20.1 Å². The van der Waals surface area contributed by atoms with Gasteiger partial charge in [-0.05, 0) is 44.9 Å². The van der Waals surface area contributed by atoms with E-state index in [4.69, 9.17) is 0 Å². The fourth-order valence-electron chi connectivity index (χ4n) is 6.77. The van der Waals surface area contributed by atoms with Crippen LogP contribution in [-0.2, 0) is 4.79 Å². The highest BCUT2D eigenvalue weighted by Crippen LogP contribution is 2.15. The van der Waals surface area contributed by atoms with Crippen molar-refractivity contribution in [1.29, 1.82) is 0 Å². The van der Waals surface area contributed by atoms with Gasteiger partial charge in [0.15, 0.2) is 0 Å². The van der Waals surface area contributed by atoms with Gasteiger partial charge in [0, 0.05) is 0 Å². The molecule has 0 aromatic rings. The Morgan fingerprint density at radius 1 is 0.480 bits per heavy atom. The number of amides is 1. The van der Waals surface area contributed by atoms with Gasteiger partial charge in [0.05, 0.1) is 18.8 Å². The van der Waals surface area contributed by atoms with Crippen molar-refractivity contribution in [2.75, 3.05) is 6.61 Å². The minimum Gasteiger partial charge on any atom is -0.394 e. The van der Waals surface area contributed by atoms with E-state index < -0.39 is 24.2 Å². The van der Waals surface area contributed by atoms with Gasteiger partial charge >= 0.3 is 0 Å². The SMILES string of the molecule is CCCCCCCCCCCCC/C=C\CCCCCCCCC(O)C(=O)NC(CO)C(O)/C=C/CCCCCCCCCCCCCCC. The molecule has 296 valence electrons. The Labute approximate surface area is 312 Å². The second-order valence-corrected chi connectivity index (χ2v) is 15.3. The summed E-state index contributed by atoms with van der Waals surface area (Å²) in [6.45, 7) is 4.19. The van der Waals surface area contributed by atoms with Gasteiger partial charge in [-0.3, -0.25) is 4.79 Å². The van der Waals surface area contributed by atoms with Crippen LogP contribution in [0, 0.1) is 0 Å². The Kier molecular flexibility index (Phi) is 39.6. The number of carbonyl (C=O) groups excluding carboxylic acids is 1. The van der Waals surface area contributed by atoms with Crippen LogP contribution in [0.3, 0.4) is 0 Å². The van der Waals surface area contributed by atoms with E-state index in [1.807, 2.05) is 6.08 Å².